The van der Waals surface area contributed by atoms with Crippen LogP contribution in [0.4, 0.5) is 11.5 Å². The molecule has 0 bridgehead atoms. The SMILES string of the molecule is O=C(Nc1ncccc1O)C1Cc2ccccc2N1. The molecule has 2 aromatic rings. The maximum absolute atomic E-state index is 12.1. The van der Waals surface area contributed by atoms with Crippen LogP contribution in [0.2, 0.25) is 0 Å². The number of rotatable bonds is 2. The smallest absolute Gasteiger partial charge is 0.248 e. The third-order valence-electron chi connectivity index (χ3n) is 3.12. The molecule has 1 aromatic carbocycles. The molecule has 0 radical (unpaired) electrons. The van der Waals surface area contributed by atoms with Gasteiger partial charge in [-0.1, -0.05) is 18.2 Å². The number of para-hydroxylation sites is 1. The summed E-state index contributed by atoms with van der Waals surface area (Å²) >= 11 is 0. The average molecular weight is 255 g/mol. The molecule has 1 aliphatic heterocycles. The van der Waals surface area contributed by atoms with Gasteiger partial charge in [-0.3, -0.25) is 4.79 Å². The van der Waals surface area contributed by atoms with Gasteiger partial charge in [0, 0.05) is 18.3 Å². The molecule has 5 nitrogen and oxygen atoms in total. The zero-order valence-electron chi connectivity index (χ0n) is 10.1. The summed E-state index contributed by atoms with van der Waals surface area (Å²) in [6.45, 7) is 0. The molecule has 0 aliphatic carbocycles. The summed E-state index contributed by atoms with van der Waals surface area (Å²) in [5.74, 6) is -0.0539. The molecule has 19 heavy (non-hydrogen) atoms. The topological polar surface area (TPSA) is 74.2 Å². The third kappa shape index (κ3) is 2.22. The standard InChI is InChI=1S/C14H13N3O2/c18-12-6-3-7-15-13(12)17-14(19)11-8-9-4-1-2-5-10(9)16-11/h1-7,11,16,18H,8H2,(H,15,17,19). The van der Waals surface area contributed by atoms with Gasteiger partial charge >= 0.3 is 0 Å². The van der Waals surface area contributed by atoms with E-state index in [1.54, 1.807) is 6.07 Å². The summed E-state index contributed by atoms with van der Waals surface area (Å²) < 4.78 is 0. The maximum atomic E-state index is 12.1. The third-order valence-corrected chi connectivity index (χ3v) is 3.12. The van der Waals surface area contributed by atoms with Crippen molar-refractivity contribution in [2.45, 2.75) is 12.5 Å². The minimum absolute atomic E-state index is 0.0358. The summed E-state index contributed by atoms with van der Waals surface area (Å²) in [4.78, 5) is 16.0. The number of carbonyl (C=O) groups excluding carboxylic acids is 1. The van der Waals surface area contributed by atoms with E-state index < -0.39 is 0 Å². The van der Waals surface area contributed by atoms with Crippen molar-refractivity contribution in [3.05, 3.63) is 48.2 Å². The number of fused-ring (bicyclic) bond motifs is 1. The average Bonchev–Trinajstić information content (AvgIpc) is 2.85. The van der Waals surface area contributed by atoms with Crippen LogP contribution in [0.1, 0.15) is 5.56 Å². The molecule has 1 aliphatic rings. The molecule has 0 saturated carbocycles. The Morgan fingerprint density at radius 3 is 2.95 bits per heavy atom. The first-order valence-corrected chi connectivity index (χ1v) is 6.03. The molecule has 3 rings (SSSR count). The Kier molecular flexibility index (Phi) is 2.79. The highest BCUT2D eigenvalue weighted by atomic mass is 16.3. The predicted molar refractivity (Wildman–Crippen MR) is 72.1 cm³/mol. The van der Waals surface area contributed by atoms with E-state index in [4.69, 9.17) is 0 Å². The minimum Gasteiger partial charge on any atom is -0.504 e. The van der Waals surface area contributed by atoms with E-state index in [9.17, 15) is 9.90 Å². The highest BCUT2D eigenvalue weighted by Crippen LogP contribution is 2.26. The second-order valence-corrected chi connectivity index (χ2v) is 4.42. The van der Waals surface area contributed by atoms with Crippen LogP contribution >= 0.6 is 0 Å². The first kappa shape index (κ1) is 11.5. The van der Waals surface area contributed by atoms with Gasteiger partial charge in [-0.2, -0.15) is 0 Å². The normalized spacial score (nSPS) is 16.5. The van der Waals surface area contributed by atoms with Crippen LogP contribution < -0.4 is 10.6 Å². The van der Waals surface area contributed by atoms with Crippen LogP contribution in [0.5, 0.6) is 5.75 Å². The van der Waals surface area contributed by atoms with Crippen LogP contribution in [0.25, 0.3) is 0 Å². The van der Waals surface area contributed by atoms with E-state index in [-0.39, 0.29) is 23.5 Å². The van der Waals surface area contributed by atoms with Crippen LogP contribution in [0, 0.1) is 0 Å². The molecule has 5 heteroatoms. The minimum atomic E-state index is -0.334. The molecule has 1 atom stereocenters. The van der Waals surface area contributed by atoms with Crippen molar-refractivity contribution in [3.63, 3.8) is 0 Å². The number of anilines is 2. The zero-order valence-corrected chi connectivity index (χ0v) is 10.1. The van der Waals surface area contributed by atoms with Gasteiger partial charge in [0.05, 0.1) is 0 Å². The number of carbonyl (C=O) groups is 1. The number of aromatic nitrogens is 1. The first-order valence-electron chi connectivity index (χ1n) is 6.03. The number of nitrogens with one attached hydrogen (secondary N) is 2. The molecule has 0 saturated heterocycles. The fourth-order valence-corrected chi connectivity index (χ4v) is 2.15. The Bertz CT molecular complexity index is 603. The predicted octanol–water partition coefficient (Wildman–Crippen LogP) is 1.76. The lowest BCUT2D eigenvalue weighted by Crippen LogP contribution is -2.33. The summed E-state index contributed by atoms with van der Waals surface area (Å²) in [6.07, 6.45) is 2.15. The Hall–Kier alpha value is -2.56. The van der Waals surface area contributed by atoms with Crippen LogP contribution in [-0.2, 0) is 11.2 Å². The Morgan fingerprint density at radius 1 is 1.32 bits per heavy atom. The first-order chi connectivity index (χ1) is 9.24. The number of benzene rings is 1. The summed E-state index contributed by atoms with van der Waals surface area (Å²) in [5, 5.41) is 15.4. The highest BCUT2D eigenvalue weighted by Gasteiger charge is 2.26. The number of hydrogen-bond donors (Lipinski definition) is 3. The lowest BCUT2D eigenvalue weighted by molar-refractivity contribution is -0.116. The molecule has 2 heterocycles. The van der Waals surface area contributed by atoms with Crippen LogP contribution in [-0.4, -0.2) is 22.0 Å². The number of hydrogen-bond acceptors (Lipinski definition) is 4. The largest absolute Gasteiger partial charge is 0.504 e. The van der Waals surface area contributed by atoms with Crippen molar-refractivity contribution in [2.24, 2.45) is 0 Å². The monoisotopic (exact) mass is 255 g/mol. The van der Waals surface area contributed by atoms with E-state index in [1.807, 2.05) is 24.3 Å². The van der Waals surface area contributed by atoms with Crippen molar-refractivity contribution in [1.82, 2.24) is 4.98 Å². The van der Waals surface area contributed by atoms with E-state index in [2.05, 4.69) is 15.6 Å². The fourth-order valence-electron chi connectivity index (χ4n) is 2.15. The van der Waals surface area contributed by atoms with Crippen molar-refractivity contribution >= 4 is 17.4 Å². The van der Waals surface area contributed by atoms with Gasteiger partial charge in [0.2, 0.25) is 5.91 Å². The van der Waals surface area contributed by atoms with E-state index in [1.165, 1.54) is 12.3 Å². The number of pyridine rings is 1. The molecule has 1 amide bonds. The number of amides is 1. The quantitative estimate of drug-likeness (QED) is 0.764. The van der Waals surface area contributed by atoms with Gasteiger partial charge in [-0.05, 0) is 23.8 Å². The van der Waals surface area contributed by atoms with Crippen LogP contribution in [0.3, 0.4) is 0 Å². The molecule has 96 valence electrons. The summed E-state index contributed by atoms with van der Waals surface area (Å²) in [7, 11) is 0. The van der Waals surface area contributed by atoms with Gasteiger partial charge in [0.15, 0.2) is 11.6 Å². The van der Waals surface area contributed by atoms with Gasteiger partial charge in [-0.25, -0.2) is 4.98 Å². The molecular weight excluding hydrogens is 242 g/mol. The second kappa shape index (κ2) is 4.61. The van der Waals surface area contributed by atoms with Gasteiger partial charge in [-0.15, -0.1) is 0 Å². The maximum Gasteiger partial charge on any atom is 0.248 e. The molecule has 3 N–H and O–H groups in total. The van der Waals surface area contributed by atoms with Gasteiger partial charge in [0.1, 0.15) is 6.04 Å². The van der Waals surface area contributed by atoms with Crippen molar-refractivity contribution in [3.8, 4) is 5.75 Å². The second-order valence-electron chi connectivity index (χ2n) is 4.42. The molecule has 1 aromatic heterocycles. The molecule has 1 unspecified atom stereocenters. The summed E-state index contributed by atoms with van der Waals surface area (Å²) in [6, 6.07) is 10.6. The van der Waals surface area contributed by atoms with E-state index >= 15 is 0 Å². The Morgan fingerprint density at radius 2 is 2.16 bits per heavy atom. The van der Waals surface area contributed by atoms with Crippen molar-refractivity contribution < 1.29 is 9.90 Å². The fraction of sp³-hybridized carbons (Fsp3) is 0.143. The lowest BCUT2D eigenvalue weighted by atomic mass is 10.1. The van der Waals surface area contributed by atoms with Gasteiger partial charge in [0.25, 0.3) is 0 Å². The zero-order chi connectivity index (χ0) is 13.2. The molecule has 0 fully saturated rings. The van der Waals surface area contributed by atoms with E-state index in [0.29, 0.717) is 6.42 Å². The van der Waals surface area contributed by atoms with Crippen LogP contribution in [0.15, 0.2) is 42.6 Å². The Labute approximate surface area is 110 Å². The van der Waals surface area contributed by atoms with Gasteiger partial charge < -0.3 is 15.7 Å². The highest BCUT2D eigenvalue weighted by molar-refractivity contribution is 5.98. The summed E-state index contributed by atoms with van der Waals surface area (Å²) in [5.41, 5.74) is 2.10. The Balaban J connectivity index is 1.72. The van der Waals surface area contributed by atoms with E-state index in [0.717, 1.165) is 11.3 Å². The molecular formula is C14H13N3O2. The van der Waals surface area contributed by atoms with Crippen molar-refractivity contribution in [2.75, 3.05) is 10.6 Å². The van der Waals surface area contributed by atoms with Crippen molar-refractivity contribution in [1.29, 1.82) is 0 Å². The molecule has 0 spiro atoms. The lowest BCUT2D eigenvalue weighted by Gasteiger charge is -2.11. The number of aromatic hydroxyl groups is 1. The number of nitrogens with zero attached hydrogens (tertiary/aromatic N) is 1.